The number of carbonyl (C=O) groups is 2. The molecule has 6 nitrogen and oxygen atoms in total. The molecule has 33 heavy (non-hydrogen) atoms. The molecule has 0 bridgehead atoms. The van der Waals surface area contributed by atoms with Gasteiger partial charge < -0.3 is 19.5 Å². The second kappa shape index (κ2) is 7.94. The minimum absolute atomic E-state index is 0.0373. The molecule has 1 saturated heterocycles. The number of aromatic amines is 1. The Hall–Kier alpha value is -3.28. The maximum absolute atomic E-state index is 13.9. The number of ether oxygens (including phenoxy) is 1. The van der Waals surface area contributed by atoms with Crippen LogP contribution in [0.15, 0.2) is 48.5 Å². The number of carbonyl (C=O) groups excluding carboxylic acids is 2. The van der Waals surface area contributed by atoms with Gasteiger partial charge in [-0.3, -0.25) is 9.59 Å². The number of aromatic nitrogens is 1. The molecule has 3 aliphatic rings. The first kappa shape index (κ1) is 20.3. The molecular weight excluding hydrogens is 414 g/mol. The summed E-state index contributed by atoms with van der Waals surface area (Å²) in [5.41, 5.74) is 4.20. The first-order valence-electron chi connectivity index (χ1n) is 12.0. The van der Waals surface area contributed by atoms with Gasteiger partial charge in [0, 0.05) is 29.1 Å². The van der Waals surface area contributed by atoms with Crippen molar-refractivity contribution in [3.8, 4) is 5.75 Å². The van der Waals surface area contributed by atoms with E-state index >= 15 is 0 Å². The molecule has 0 spiro atoms. The van der Waals surface area contributed by atoms with E-state index in [-0.39, 0.29) is 30.4 Å². The predicted octanol–water partition coefficient (Wildman–Crippen LogP) is 4.19. The lowest BCUT2D eigenvalue weighted by molar-refractivity contribution is -0.161. The molecule has 2 aliphatic heterocycles. The number of amides is 2. The molecule has 2 atom stereocenters. The normalized spacial score (nSPS) is 23.5. The summed E-state index contributed by atoms with van der Waals surface area (Å²) in [6, 6.07) is 15.5. The van der Waals surface area contributed by atoms with E-state index in [0.29, 0.717) is 6.42 Å². The van der Waals surface area contributed by atoms with Crippen molar-refractivity contribution in [3.63, 3.8) is 0 Å². The van der Waals surface area contributed by atoms with Gasteiger partial charge in [-0.2, -0.15) is 0 Å². The molecule has 2 fully saturated rings. The molecule has 6 rings (SSSR count). The minimum Gasteiger partial charge on any atom is -0.497 e. The van der Waals surface area contributed by atoms with Crippen molar-refractivity contribution in [2.45, 2.75) is 56.7 Å². The van der Waals surface area contributed by atoms with E-state index in [1.54, 1.807) is 7.11 Å². The van der Waals surface area contributed by atoms with E-state index in [9.17, 15) is 9.59 Å². The van der Waals surface area contributed by atoms with Gasteiger partial charge in [-0.25, -0.2) is 0 Å². The van der Waals surface area contributed by atoms with Crippen LogP contribution in [0.1, 0.15) is 55.0 Å². The van der Waals surface area contributed by atoms with E-state index in [1.165, 1.54) is 6.42 Å². The molecule has 0 radical (unpaired) electrons. The van der Waals surface area contributed by atoms with Crippen molar-refractivity contribution in [3.05, 3.63) is 65.4 Å². The first-order chi connectivity index (χ1) is 16.2. The Labute approximate surface area is 193 Å². The summed E-state index contributed by atoms with van der Waals surface area (Å²) in [5, 5.41) is 1.14. The van der Waals surface area contributed by atoms with Gasteiger partial charge in [-0.05, 0) is 42.2 Å². The summed E-state index contributed by atoms with van der Waals surface area (Å²) in [4.78, 5) is 34.8. The lowest BCUT2D eigenvalue weighted by Crippen LogP contribution is -2.64. The summed E-state index contributed by atoms with van der Waals surface area (Å²) in [5.74, 6) is 0.916. The molecule has 2 aromatic carbocycles. The number of methoxy groups -OCH3 is 1. The monoisotopic (exact) mass is 443 g/mol. The first-order valence-corrected chi connectivity index (χ1v) is 12.0. The lowest BCUT2D eigenvalue weighted by atomic mass is 9.85. The maximum atomic E-state index is 13.9. The number of hydrogen-bond acceptors (Lipinski definition) is 3. The van der Waals surface area contributed by atoms with Crippen LogP contribution in [0.5, 0.6) is 5.75 Å². The highest BCUT2D eigenvalue weighted by Crippen LogP contribution is 2.43. The molecular formula is C27H29N3O3. The number of nitrogens with zero attached hydrogens (tertiary/aromatic N) is 2. The van der Waals surface area contributed by atoms with Gasteiger partial charge in [0.05, 0.1) is 13.2 Å². The summed E-state index contributed by atoms with van der Waals surface area (Å²) in [7, 11) is 1.65. The zero-order chi connectivity index (χ0) is 22.5. The SMILES string of the molecule is COc1ccc(C2c3[nH]c4ccccc4c3C[C@H]3C(=O)N(C4CCCCC4)CC(=O)N23)cc1. The zero-order valence-electron chi connectivity index (χ0n) is 18.9. The van der Waals surface area contributed by atoms with Gasteiger partial charge in [-0.1, -0.05) is 49.6 Å². The topological polar surface area (TPSA) is 65.6 Å². The molecule has 3 heterocycles. The summed E-state index contributed by atoms with van der Waals surface area (Å²) in [6.45, 7) is 0.183. The molecule has 170 valence electrons. The highest BCUT2D eigenvalue weighted by Gasteiger charge is 2.49. The van der Waals surface area contributed by atoms with Crippen LogP contribution in [0.2, 0.25) is 0 Å². The van der Waals surface area contributed by atoms with Crippen molar-refractivity contribution in [1.82, 2.24) is 14.8 Å². The Morgan fingerprint density at radius 1 is 0.970 bits per heavy atom. The third-order valence-corrected chi connectivity index (χ3v) is 7.74. The van der Waals surface area contributed by atoms with Gasteiger partial charge >= 0.3 is 0 Å². The minimum atomic E-state index is -0.466. The number of para-hydroxylation sites is 1. The van der Waals surface area contributed by atoms with Crippen LogP contribution in [-0.4, -0.2) is 52.3 Å². The fourth-order valence-electron chi connectivity index (χ4n) is 6.12. The van der Waals surface area contributed by atoms with Crippen LogP contribution in [-0.2, 0) is 16.0 Å². The molecule has 1 aliphatic carbocycles. The van der Waals surface area contributed by atoms with Crippen LogP contribution in [0.3, 0.4) is 0 Å². The highest BCUT2D eigenvalue weighted by molar-refractivity contribution is 5.97. The largest absolute Gasteiger partial charge is 0.497 e. The third kappa shape index (κ3) is 3.23. The van der Waals surface area contributed by atoms with Crippen LogP contribution >= 0.6 is 0 Å². The van der Waals surface area contributed by atoms with Crippen LogP contribution in [0.4, 0.5) is 0 Å². The molecule has 1 N–H and O–H groups in total. The average molecular weight is 444 g/mol. The quantitative estimate of drug-likeness (QED) is 0.660. The fraction of sp³-hybridized carbons (Fsp3) is 0.407. The third-order valence-electron chi connectivity index (χ3n) is 7.74. The number of H-pyrrole nitrogens is 1. The van der Waals surface area contributed by atoms with E-state index in [1.807, 2.05) is 46.2 Å². The number of hydrogen-bond donors (Lipinski definition) is 1. The summed E-state index contributed by atoms with van der Waals surface area (Å²) >= 11 is 0. The highest BCUT2D eigenvalue weighted by atomic mass is 16.5. The summed E-state index contributed by atoms with van der Waals surface area (Å²) in [6.07, 6.45) is 6.06. The number of nitrogens with one attached hydrogen (secondary N) is 1. The maximum Gasteiger partial charge on any atom is 0.246 e. The molecule has 1 aromatic heterocycles. The van der Waals surface area contributed by atoms with Crippen molar-refractivity contribution in [2.75, 3.05) is 13.7 Å². The van der Waals surface area contributed by atoms with Crippen molar-refractivity contribution in [2.24, 2.45) is 0 Å². The average Bonchev–Trinajstić information content (AvgIpc) is 3.24. The van der Waals surface area contributed by atoms with E-state index in [0.717, 1.165) is 59.2 Å². The Kier molecular flexibility index (Phi) is 4.89. The van der Waals surface area contributed by atoms with E-state index < -0.39 is 6.04 Å². The molecule has 1 unspecified atom stereocenters. The van der Waals surface area contributed by atoms with Crippen molar-refractivity contribution < 1.29 is 14.3 Å². The Morgan fingerprint density at radius 3 is 2.48 bits per heavy atom. The Bertz CT molecular complexity index is 1210. The lowest BCUT2D eigenvalue weighted by Gasteiger charge is -2.49. The second-order valence-corrected chi connectivity index (χ2v) is 9.52. The second-order valence-electron chi connectivity index (χ2n) is 9.52. The fourth-order valence-corrected chi connectivity index (χ4v) is 6.12. The standard InChI is InChI=1S/C27H29N3O3/c1-33-19-13-11-17(12-14-19)26-25-21(20-9-5-6-10-22(20)28-25)15-23-27(32)29(16-24(31)30(23)26)18-7-3-2-4-8-18/h5-6,9-14,18,23,26,28H,2-4,7-8,15-16H2,1H3/t23-,26?/m0/s1. The van der Waals surface area contributed by atoms with Gasteiger partial charge in [0.25, 0.3) is 0 Å². The molecule has 6 heteroatoms. The van der Waals surface area contributed by atoms with Gasteiger partial charge in [0.1, 0.15) is 18.3 Å². The number of piperazine rings is 1. The van der Waals surface area contributed by atoms with E-state index in [2.05, 4.69) is 17.1 Å². The Morgan fingerprint density at radius 2 is 1.73 bits per heavy atom. The van der Waals surface area contributed by atoms with E-state index in [4.69, 9.17) is 4.74 Å². The Balaban J connectivity index is 1.47. The van der Waals surface area contributed by atoms with Gasteiger partial charge in [0.2, 0.25) is 11.8 Å². The molecule has 3 aromatic rings. The summed E-state index contributed by atoms with van der Waals surface area (Å²) < 4.78 is 5.35. The number of fused-ring (bicyclic) bond motifs is 4. The predicted molar refractivity (Wildman–Crippen MR) is 126 cm³/mol. The zero-order valence-corrected chi connectivity index (χ0v) is 18.9. The molecule has 2 amide bonds. The van der Waals surface area contributed by atoms with Crippen LogP contribution in [0.25, 0.3) is 10.9 Å². The van der Waals surface area contributed by atoms with Gasteiger partial charge in [0.15, 0.2) is 0 Å². The number of benzene rings is 2. The number of rotatable bonds is 3. The van der Waals surface area contributed by atoms with Crippen LogP contribution < -0.4 is 4.74 Å². The van der Waals surface area contributed by atoms with Crippen molar-refractivity contribution >= 4 is 22.7 Å². The van der Waals surface area contributed by atoms with Crippen LogP contribution in [0, 0.1) is 0 Å². The molecule has 1 saturated carbocycles. The smallest absolute Gasteiger partial charge is 0.246 e. The van der Waals surface area contributed by atoms with Gasteiger partial charge in [-0.15, -0.1) is 0 Å². The van der Waals surface area contributed by atoms with Crippen molar-refractivity contribution in [1.29, 1.82) is 0 Å².